The highest BCUT2D eigenvalue weighted by Gasteiger charge is 2.35. The Balaban J connectivity index is 5.86. The molecule has 0 aromatic rings. The molecule has 258 valence electrons. The van der Waals surface area contributed by atoms with Crippen LogP contribution in [0.2, 0.25) is 0 Å². The fourth-order valence-corrected chi connectivity index (χ4v) is 4.46. The van der Waals surface area contributed by atoms with Crippen molar-refractivity contribution in [3.8, 4) is 12.3 Å². The Kier molecular flexibility index (Phi) is 19.9. The molecule has 2 amide bonds. The zero-order valence-electron chi connectivity index (χ0n) is 28.4. The summed E-state index contributed by atoms with van der Waals surface area (Å²) in [5, 5.41) is 8.89. The first kappa shape index (κ1) is 42.0. The summed E-state index contributed by atoms with van der Waals surface area (Å²) in [5.74, 6) is -3.26. The first-order valence-electron chi connectivity index (χ1n) is 15.4. The summed E-state index contributed by atoms with van der Waals surface area (Å²) < 4.78 is 15.3. The molecular weight excluding hydrogens is 598 g/mol. The van der Waals surface area contributed by atoms with E-state index in [1.165, 1.54) is 7.11 Å². The molecule has 0 unspecified atom stereocenters. The van der Waals surface area contributed by atoms with Crippen molar-refractivity contribution in [3.05, 3.63) is 10.4 Å². The number of nitrogens with zero attached hydrogens (tertiary/aromatic N) is 3. The van der Waals surface area contributed by atoms with E-state index in [0.29, 0.717) is 6.42 Å². The third-order valence-corrected chi connectivity index (χ3v) is 6.93. The minimum atomic E-state index is -1.11. The molecule has 0 aliphatic rings. The van der Waals surface area contributed by atoms with Gasteiger partial charge in [-0.2, -0.15) is 0 Å². The summed E-state index contributed by atoms with van der Waals surface area (Å²) in [6.07, 6.45) is 4.93. The predicted molar refractivity (Wildman–Crippen MR) is 170 cm³/mol. The van der Waals surface area contributed by atoms with Crippen LogP contribution in [0.1, 0.15) is 87.0 Å². The number of azide groups is 1. The molecule has 0 heterocycles. The largest absolute Gasteiger partial charge is 0.469 e. The molecule has 0 saturated carbocycles. The first-order valence-corrected chi connectivity index (χ1v) is 15.4. The van der Waals surface area contributed by atoms with Gasteiger partial charge in [-0.1, -0.05) is 38.7 Å². The predicted octanol–water partition coefficient (Wildman–Crippen LogP) is 3.45. The smallest absolute Gasteiger partial charge is 0.307 e. The number of methoxy groups -OCH3 is 1. The summed E-state index contributed by atoms with van der Waals surface area (Å²) in [6, 6.07) is -2.09. The van der Waals surface area contributed by atoms with Crippen LogP contribution < -0.4 is 10.6 Å². The third-order valence-electron chi connectivity index (χ3n) is 6.93. The Morgan fingerprint density at radius 3 is 2.09 bits per heavy atom. The maximum atomic E-state index is 13.6. The highest BCUT2D eigenvalue weighted by atomic mass is 16.6. The number of hydrogen-bond donors (Lipinski definition) is 2. The molecule has 0 saturated heterocycles. The number of carbonyl (C=O) groups is 6. The van der Waals surface area contributed by atoms with E-state index in [0.717, 1.165) is 0 Å². The molecule has 0 aromatic carbocycles. The number of esters is 2. The van der Waals surface area contributed by atoms with Crippen LogP contribution in [0.4, 0.5) is 0 Å². The minimum Gasteiger partial charge on any atom is -0.469 e. The fraction of sp³-hybridized carbons (Fsp3) is 0.750. The van der Waals surface area contributed by atoms with Crippen molar-refractivity contribution < 1.29 is 43.0 Å². The SMILES string of the molecule is C#CCOC[C@H](NC(=O)[C@@H](CC(=O)[C@@H](NC(=O)[C@H](CCCN=[N+]=[N-])CC(=O)OC(C)(C)C)C(C)C)C(C)C)C(=O)CCC(=O)OC. The van der Waals surface area contributed by atoms with Crippen LogP contribution in [0.3, 0.4) is 0 Å². The van der Waals surface area contributed by atoms with Crippen LogP contribution in [-0.4, -0.2) is 79.9 Å². The second-order valence-electron chi connectivity index (χ2n) is 12.7. The molecule has 0 rings (SSSR count). The van der Waals surface area contributed by atoms with Crippen molar-refractivity contribution in [2.45, 2.75) is 105 Å². The van der Waals surface area contributed by atoms with Crippen LogP contribution in [0, 0.1) is 36.0 Å². The molecule has 0 radical (unpaired) electrons. The summed E-state index contributed by atoms with van der Waals surface area (Å²) in [4.78, 5) is 80.1. The van der Waals surface area contributed by atoms with Crippen LogP contribution >= 0.6 is 0 Å². The monoisotopic (exact) mass is 649 g/mol. The van der Waals surface area contributed by atoms with Crippen molar-refractivity contribution in [1.82, 2.24) is 10.6 Å². The molecule has 4 atom stereocenters. The molecule has 14 nitrogen and oxygen atoms in total. The van der Waals surface area contributed by atoms with E-state index in [2.05, 4.69) is 31.3 Å². The molecule has 0 aromatic heterocycles. The second kappa shape index (κ2) is 21.7. The Labute approximate surface area is 272 Å². The molecule has 0 aliphatic carbocycles. The van der Waals surface area contributed by atoms with Crippen molar-refractivity contribution in [1.29, 1.82) is 0 Å². The molecular formula is C32H51N5O9. The molecule has 0 fully saturated rings. The average molecular weight is 650 g/mol. The van der Waals surface area contributed by atoms with Gasteiger partial charge in [0.25, 0.3) is 0 Å². The maximum absolute atomic E-state index is 13.6. The van der Waals surface area contributed by atoms with Crippen LogP contribution in [-0.2, 0) is 43.0 Å². The Morgan fingerprint density at radius 1 is 0.913 bits per heavy atom. The highest BCUT2D eigenvalue weighted by molar-refractivity contribution is 5.95. The molecule has 0 aliphatic heterocycles. The van der Waals surface area contributed by atoms with Crippen molar-refractivity contribution in [2.75, 3.05) is 26.9 Å². The summed E-state index contributed by atoms with van der Waals surface area (Å²) >= 11 is 0. The number of ketones is 2. The third kappa shape index (κ3) is 17.5. The quantitative estimate of drug-likeness (QED) is 0.0440. The minimum absolute atomic E-state index is 0.0982. The van der Waals surface area contributed by atoms with Gasteiger partial charge in [0.2, 0.25) is 11.8 Å². The first-order chi connectivity index (χ1) is 21.5. The average Bonchev–Trinajstić information content (AvgIpc) is 2.96. The van der Waals surface area contributed by atoms with Gasteiger partial charge in [-0.15, -0.1) is 6.42 Å². The standard InChI is InChI=1S/C32H51N5O9/c1-10-16-45-19-24(25(38)13-14-27(40)44-9)35-31(43)23(20(2)3)18-26(39)29(21(4)5)36-30(42)22(12-11-15-34-37-33)17-28(41)46-32(6,7)8/h1,20-24,29H,11-19H2,2-9H3,(H,35,43)(H,36,42)/t22-,23+,24+,29+/m1/s1. The number of terminal acetylenes is 1. The Hall–Kier alpha value is -3.95. The van der Waals surface area contributed by atoms with E-state index < -0.39 is 64.8 Å². The van der Waals surface area contributed by atoms with Gasteiger partial charge in [-0.25, -0.2) is 0 Å². The van der Waals surface area contributed by atoms with E-state index >= 15 is 0 Å². The highest BCUT2D eigenvalue weighted by Crippen LogP contribution is 2.21. The number of hydrogen-bond acceptors (Lipinski definition) is 10. The van der Waals surface area contributed by atoms with Crippen molar-refractivity contribution >= 4 is 35.3 Å². The number of amides is 2. The van der Waals surface area contributed by atoms with Gasteiger partial charge < -0.3 is 24.8 Å². The molecule has 14 heteroatoms. The normalized spacial score (nSPS) is 13.8. The molecule has 0 bridgehead atoms. The second-order valence-corrected chi connectivity index (χ2v) is 12.7. The summed E-state index contributed by atoms with van der Waals surface area (Å²) in [6.45, 7) is 11.9. The number of rotatable bonds is 22. The Bertz CT molecular complexity index is 1130. The van der Waals surface area contributed by atoms with Gasteiger partial charge in [0, 0.05) is 36.1 Å². The molecule has 0 spiro atoms. The lowest BCUT2D eigenvalue weighted by Gasteiger charge is -2.28. The van der Waals surface area contributed by atoms with Gasteiger partial charge in [0.1, 0.15) is 18.2 Å². The van der Waals surface area contributed by atoms with Gasteiger partial charge in [0.15, 0.2) is 11.6 Å². The number of Topliss-reactive ketones (excluding diaryl/α,β-unsaturated/α-hetero) is 2. The molecule has 46 heavy (non-hydrogen) atoms. The zero-order valence-corrected chi connectivity index (χ0v) is 28.4. The van der Waals surface area contributed by atoms with E-state index in [1.54, 1.807) is 48.5 Å². The van der Waals surface area contributed by atoms with Gasteiger partial charge in [-0.05, 0) is 51.0 Å². The summed E-state index contributed by atoms with van der Waals surface area (Å²) in [5.41, 5.74) is 7.81. The van der Waals surface area contributed by atoms with E-state index in [1.807, 2.05) is 0 Å². The number of ether oxygens (including phenoxy) is 3. The Morgan fingerprint density at radius 2 is 1.57 bits per heavy atom. The van der Waals surface area contributed by atoms with Crippen LogP contribution in [0.5, 0.6) is 0 Å². The fourth-order valence-electron chi connectivity index (χ4n) is 4.46. The topological polar surface area (TPSA) is 203 Å². The van der Waals surface area contributed by atoms with Gasteiger partial charge >= 0.3 is 11.9 Å². The number of nitrogens with one attached hydrogen (secondary N) is 2. The molecule has 2 N–H and O–H groups in total. The van der Waals surface area contributed by atoms with E-state index in [-0.39, 0.29) is 63.7 Å². The van der Waals surface area contributed by atoms with Crippen molar-refractivity contribution in [3.63, 3.8) is 0 Å². The maximum Gasteiger partial charge on any atom is 0.307 e. The van der Waals surface area contributed by atoms with Crippen molar-refractivity contribution in [2.24, 2.45) is 28.8 Å². The van der Waals surface area contributed by atoms with Gasteiger partial charge in [-0.3, -0.25) is 28.8 Å². The van der Waals surface area contributed by atoms with Crippen LogP contribution in [0.25, 0.3) is 10.4 Å². The lowest BCUT2D eigenvalue weighted by Crippen LogP contribution is -2.50. The lowest BCUT2D eigenvalue weighted by molar-refractivity contribution is -0.157. The van der Waals surface area contributed by atoms with E-state index in [9.17, 15) is 28.8 Å². The van der Waals surface area contributed by atoms with Gasteiger partial charge in [0.05, 0.1) is 32.6 Å². The van der Waals surface area contributed by atoms with Crippen LogP contribution in [0.15, 0.2) is 5.11 Å². The number of carbonyl (C=O) groups excluding carboxylic acids is 6. The zero-order chi connectivity index (χ0) is 35.4. The summed E-state index contributed by atoms with van der Waals surface area (Å²) in [7, 11) is 1.20. The van der Waals surface area contributed by atoms with E-state index in [4.69, 9.17) is 21.4 Å². The lowest BCUT2D eigenvalue weighted by atomic mass is 9.85.